The van der Waals surface area contributed by atoms with Crippen molar-refractivity contribution in [2.45, 2.75) is 26.3 Å². The summed E-state index contributed by atoms with van der Waals surface area (Å²) in [6, 6.07) is 10.1. The van der Waals surface area contributed by atoms with E-state index in [0.29, 0.717) is 22.7 Å². The smallest absolute Gasteiger partial charge is 0.325 e. The molecule has 150 valence electrons. The molecule has 0 saturated carbocycles. The van der Waals surface area contributed by atoms with Crippen molar-refractivity contribution in [3.05, 3.63) is 53.1 Å². The van der Waals surface area contributed by atoms with Crippen molar-refractivity contribution in [3.63, 3.8) is 0 Å². The van der Waals surface area contributed by atoms with Gasteiger partial charge in [-0.25, -0.2) is 4.79 Å². The van der Waals surface area contributed by atoms with Gasteiger partial charge in [-0.3, -0.25) is 14.5 Å². The fourth-order valence-corrected chi connectivity index (χ4v) is 3.45. The standard InChI is InChI=1S/C21H21N3O5/c1-12-4-5-13(2)15(8-12)22-18(25)10-24-19(26)21(3,23-20(24)27)14-6-7-16-17(9-14)29-11-28-16/h4-9H,10-11H2,1-3H3,(H,22,25)(H,23,27)/t21-/m0/s1. The van der Waals surface area contributed by atoms with Crippen molar-refractivity contribution in [3.8, 4) is 11.5 Å². The molecule has 4 amide bonds. The second kappa shape index (κ2) is 6.80. The maximum atomic E-state index is 13.0. The summed E-state index contributed by atoms with van der Waals surface area (Å²) in [6.07, 6.45) is 0. The molecule has 0 unspecified atom stereocenters. The second-order valence-corrected chi connectivity index (χ2v) is 7.38. The summed E-state index contributed by atoms with van der Waals surface area (Å²) in [5.41, 5.74) is 1.80. The van der Waals surface area contributed by atoms with Gasteiger partial charge in [0.2, 0.25) is 12.7 Å². The third kappa shape index (κ3) is 3.26. The molecule has 0 spiro atoms. The fourth-order valence-electron chi connectivity index (χ4n) is 3.45. The van der Waals surface area contributed by atoms with Crippen LogP contribution in [0, 0.1) is 13.8 Å². The van der Waals surface area contributed by atoms with Crippen molar-refractivity contribution in [1.82, 2.24) is 10.2 Å². The van der Waals surface area contributed by atoms with Gasteiger partial charge in [0.15, 0.2) is 11.5 Å². The number of hydrogen-bond acceptors (Lipinski definition) is 5. The van der Waals surface area contributed by atoms with Crippen LogP contribution >= 0.6 is 0 Å². The van der Waals surface area contributed by atoms with Gasteiger partial charge in [0.25, 0.3) is 5.91 Å². The number of rotatable bonds is 4. The SMILES string of the molecule is Cc1ccc(C)c(NC(=O)CN2C(=O)N[C@@](C)(c3ccc4c(c3)OCO4)C2=O)c1. The molecule has 2 aliphatic rings. The Morgan fingerprint density at radius 3 is 2.69 bits per heavy atom. The Balaban J connectivity index is 1.52. The van der Waals surface area contributed by atoms with Crippen LogP contribution in [0.3, 0.4) is 0 Å². The summed E-state index contributed by atoms with van der Waals surface area (Å²) in [6.45, 7) is 5.13. The first-order valence-corrected chi connectivity index (χ1v) is 9.19. The molecule has 0 radical (unpaired) electrons. The highest BCUT2D eigenvalue weighted by molar-refractivity contribution is 6.10. The van der Waals surface area contributed by atoms with E-state index in [9.17, 15) is 14.4 Å². The molecule has 0 bridgehead atoms. The average molecular weight is 395 g/mol. The van der Waals surface area contributed by atoms with E-state index in [2.05, 4.69) is 10.6 Å². The number of hydrogen-bond donors (Lipinski definition) is 2. The normalized spacial score (nSPS) is 20.0. The van der Waals surface area contributed by atoms with Crippen molar-refractivity contribution < 1.29 is 23.9 Å². The molecule has 1 fully saturated rings. The highest BCUT2D eigenvalue weighted by Gasteiger charge is 2.49. The van der Waals surface area contributed by atoms with E-state index in [1.807, 2.05) is 32.0 Å². The Bertz CT molecular complexity index is 1030. The van der Waals surface area contributed by atoms with Gasteiger partial charge in [0.1, 0.15) is 12.1 Å². The molecule has 29 heavy (non-hydrogen) atoms. The zero-order chi connectivity index (χ0) is 20.8. The first kappa shape index (κ1) is 18.8. The minimum atomic E-state index is -1.29. The molecule has 0 aromatic heterocycles. The third-order valence-corrected chi connectivity index (χ3v) is 5.19. The number of fused-ring (bicyclic) bond motifs is 1. The van der Waals surface area contributed by atoms with Gasteiger partial charge < -0.3 is 20.1 Å². The van der Waals surface area contributed by atoms with Gasteiger partial charge >= 0.3 is 6.03 Å². The number of nitrogens with one attached hydrogen (secondary N) is 2. The molecule has 1 saturated heterocycles. The monoisotopic (exact) mass is 395 g/mol. The molecule has 8 heteroatoms. The summed E-state index contributed by atoms with van der Waals surface area (Å²) in [5, 5.41) is 5.46. The Kier molecular flexibility index (Phi) is 4.41. The fraction of sp³-hybridized carbons (Fsp3) is 0.286. The Morgan fingerprint density at radius 2 is 1.90 bits per heavy atom. The van der Waals surface area contributed by atoms with Gasteiger partial charge in [0.05, 0.1) is 0 Å². The second-order valence-electron chi connectivity index (χ2n) is 7.38. The molecule has 0 aliphatic carbocycles. The number of benzene rings is 2. The van der Waals surface area contributed by atoms with Crippen LogP contribution in [-0.4, -0.2) is 36.1 Å². The van der Waals surface area contributed by atoms with E-state index in [-0.39, 0.29) is 13.3 Å². The van der Waals surface area contributed by atoms with Crippen LogP contribution < -0.4 is 20.1 Å². The maximum absolute atomic E-state index is 13.0. The minimum absolute atomic E-state index is 0.112. The van der Waals surface area contributed by atoms with Crippen LogP contribution in [0.15, 0.2) is 36.4 Å². The molecule has 2 N–H and O–H groups in total. The summed E-state index contributed by atoms with van der Waals surface area (Å²) < 4.78 is 10.6. The van der Waals surface area contributed by atoms with Crippen LogP contribution in [0.4, 0.5) is 10.5 Å². The van der Waals surface area contributed by atoms with Crippen molar-refractivity contribution in [2.75, 3.05) is 18.7 Å². The van der Waals surface area contributed by atoms with Gasteiger partial charge in [-0.15, -0.1) is 0 Å². The van der Waals surface area contributed by atoms with E-state index in [1.165, 1.54) is 0 Å². The predicted molar refractivity (Wildman–Crippen MR) is 105 cm³/mol. The van der Waals surface area contributed by atoms with Crippen molar-refractivity contribution in [1.29, 1.82) is 0 Å². The van der Waals surface area contributed by atoms with Gasteiger partial charge in [-0.1, -0.05) is 18.2 Å². The minimum Gasteiger partial charge on any atom is -0.454 e. The third-order valence-electron chi connectivity index (χ3n) is 5.19. The summed E-state index contributed by atoms with van der Waals surface area (Å²) in [4.78, 5) is 38.9. The molecular weight excluding hydrogens is 374 g/mol. The molecule has 2 aromatic rings. The molecule has 4 rings (SSSR count). The number of carbonyl (C=O) groups is 3. The molecule has 2 aromatic carbocycles. The van der Waals surface area contributed by atoms with Crippen LogP contribution in [0.5, 0.6) is 11.5 Å². The van der Waals surface area contributed by atoms with Crippen LogP contribution in [0.1, 0.15) is 23.6 Å². The number of carbonyl (C=O) groups excluding carboxylic acids is 3. The number of ether oxygens (including phenoxy) is 2. The number of aryl methyl sites for hydroxylation is 2. The highest BCUT2D eigenvalue weighted by atomic mass is 16.7. The van der Waals surface area contributed by atoms with Gasteiger partial charge in [0, 0.05) is 5.69 Å². The largest absolute Gasteiger partial charge is 0.454 e. The quantitative estimate of drug-likeness (QED) is 0.775. The lowest BCUT2D eigenvalue weighted by molar-refractivity contribution is -0.133. The number of anilines is 1. The first-order chi connectivity index (χ1) is 13.8. The van der Waals surface area contributed by atoms with E-state index < -0.39 is 23.4 Å². The first-order valence-electron chi connectivity index (χ1n) is 9.19. The number of amides is 4. The molecule has 2 aliphatic heterocycles. The number of nitrogens with zero attached hydrogens (tertiary/aromatic N) is 1. The van der Waals surface area contributed by atoms with E-state index >= 15 is 0 Å². The average Bonchev–Trinajstić information content (AvgIpc) is 3.23. The zero-order valence-corrected chi connectivity index (χ0v) is 16.4. The molecule has 8 nitrogen and oxygen atoms in total. The summed E-state index contributed by atoms with van der Waals surface area (Å²) in [7, 11) is 0. The summed E-state index contributed by atoms with van der Waals surface area (Å²) >= 11 is 0. The van der Waals surface area contributed by atoms with Crippen LogP contribution in [0.2, 0.25) is 0 Å². The van der Waals surface area contributed by atoms with Crippen LogP contribution in [0.25, 0.3) is 0 Å². The van der Waals surface area contributed by atoms with Crippen molar-refractivity contribution in [2.24, 2.45) is 0 Å². The summed E-state index contributed by atoms with van der Waals surface area (Å²) in [5.74, 6) is 0.144. The van der Waals surface area contributed by atoms with Gasteiger partial charge in [-0.05, 0) is 55.7 Å². The highest BCUT2D eigenvalue weighted by Crippen LogP contribution is 2.37. The van der Waals surface area contributed by atoms with Crippen LogP contribution in [-0.2, 0) is 15.1 Å². The Hall–Kier alpha value is -3.55. The lowest BCUT2D eigenvalue weighted by Gasteiger charge is -2.22. The van der Waals surface area contributed by atoms with E-state index in [4.69, 9.17) is 9.47 Å². The van der Waals surface area contributed by atoms with Crippen molar-refractivity contribution >= 4 is 23.5 Å². The molecule has 1 atom stereocenters. The predicted octanol–water partition coefficient (Wildman–Crippen LogP) is 2.44. The maximum Gasteiger partial charge on any atom is 0.325 e. The zero-order valence-electron chi connectivity index (χ0n) is 16.4. The topological polar surface area (TPSA) is 97.0 Å². The Labute approximate surface area is 167 Å². The van der Waals surface area contributed by atoms with E-state index in [1.54, 1.807) is 25.1 Å². The molecule has 2 heterocycles. The number of urea groups is 1. The van der Waals surface area contributed by atoms with E-state index in [0.717, 1.165) is 16.0 Å². The lowest BCUT2D eigenvalue weighted by Crippen LogP contribution is -2.42. The molecular formula is C21H21N3O5. The van der Waals surface area contributed by atoms with Gasteiger partial charge in [-0.2, -0.15) is 0 Å². The number of imide groups is 1. The Morgan fingerprint density at radius 1 is 1.14 bits per heavy atom. The lowest BCUT2D eigenvalue weighted by atomic mass is 9.91.